The summed E-state index contributed by atoms with van der Waals surface area (Å²) in [5, 5.41) is 2.65. The molecule has 0 aliphatic rings. The molecule has 0 aliphatic heterocycles. The zero-order valence-electron chi connectivity index (χ0n) is 11.4. The number of hydrogen-bond acceptors (Lipinski definition) is 1. The molecule has 0 fully saturated rings. The molecule has 21 heavy (non-hydrogen) atoms. The van der Waals surface area contributed by atoms with E-state index >= 15 is 0 Å². The van der Waals surface area contributed by atoms with Gasteiger partial charge >= 0.3 is 0 Å². The van der Waals surface area contributed by atoms with Crippen molar-refractivity contribution in [3.8, 4) is 0 Å². The van der Waals surface area contributed by atoms with Crippen molar-refractivity contribution < 1.29 is 13.6 Å². The predicted molar refractivity (Wildman–Crippen MR) is 78.5 cm³/mol. The standard InChI is InChI=1S/C16H14ClF2NO/c1-10-7-12(14(19)8-13(10)18)16(21)20-15(9-17)11-5-3-2-4-6-11/h2-8,15H,9H2,1H3,(H,20,21). The summed E-state index contributed by atoms with van der Waals surface area (Å²) in [7, 11) is 0. The van der Waals surface area contributed by atoms with Crippen LogP contribution in [-0.2, 0) is 0 Å². The molecule has 2 nitrogen and oxygen atoms in total. The molecular weight excluding hydrogens is 296 g/mol. The summed E-state index contributed by atoms with van der Waals surface area (Å²) < 4.78 is 26.9. The van der Waals surface area contributed by atoms with Gasteiger partial charge in [-0.05, 0) is 24.1 Å². The van der Waals surface area contributed by atoms with Crippen molar-refractivity contribution in [2.45, 2.75) is 13.0 Å². The third-order valence-corrected chi connectivity index (χ3v) is 3.46. The highest BCUT2D eigenvalue weighted by Crippen LogP contribution is 2.18. The smallest absolute Gasteiger partial charge is 0.254 e. The topological polar surface area (TPSA) is 29.1 Å². The third-order valence-electron chi connectivity index (χ3n) is 3.15. The van der Waals surface area contributed by atoms with E-state index in [-0.39, 0.29) is 17.0 Å². The third kappa shape index (κ3) is 3.58. The lowest BCUT2D eigenvalue weighted by Crippen LogP contribution is -2.30. The van der Waals surface area contributed by atoms with Crippen LogP contribution in [0.25, 0.3) is 0 Å². The number of rotatable bonds is 4. The van der Waals surface area contributed by atoms with Gasteiger partial charge in [0.1, 0.15) is 11.6 Å². The largest absolute Gasteiger partial charge is 0.344 e. The minimum atomic E-state index is -0.892. The molecule has 5 heteroatoms. The van der Waals surface area contributed by atoms with Gasteiger partial charge in [-0.25, -0.2) is 8.78 Å². The Labute approximate surface area is 126 Å². The van der Waals surface area contributed by atoms with Crippen LogP contribution in [0.2, 0.25) is 0 Å². The van der Waals surface area contributed by atoms with Gasteiger partial charge in [-0.3, -0.25) is 4.79 Å². The normalized spacial score (nSPS) is 12.0. The number of carbonyl (C=O) groups is 1. The van der Waals surface area contributed by atoms with E-state index in [4.69, 9.17) is 11.6 Å². The van der Waals surface area contributed by atoms with Crippen LogP contribution in [0.4, 0.5) is 8.78 Å². The molecule has 0 spiro atoms. The van der Waals surface area contributed by atoms with Crippen LogP contribution in [0.3, 0.4) is 0 Å². The summed E-state index contributed by atoms with van der Waals surface area (Å²) in [6, 6.07) is 10.6. The highest BCUT2D eigenvalue weighted by Gasteiger charge is 2.18. The number of carbonyl (C=O) groups excluding carboxylic acids is 1. The molecule has 0 aromatic heterocycles. The minimum Gasteiger partial charge on any atom is -0.344 e. The van der Waals surface area contributed by atoms with Gasteiger partial charge in [-0.2, -0.15) is 0 Å². The molecule has 0 bridgehead atoms. The Morgan fingerprint density at radius 2 is 1.86 bits per heavy atom. The Morgan fingerprint density at radius 3 is 2.48 bits per heavy atom. The first-order valence-corrected chi connectivity index (χ1v) is 6.93. The van der Waals surface area contributed by atoms with Crippen molar-refractivity contribution in [2.24, 2.45) is 0 Å². The van der Waals surface area contributed by atoms with Gasteiger partial charge in [0.2, 0.25) is 0 Å². The van der Waals surface area contributed by atoms with Crippen LogP contribution >= 0.6 is 11.6 Å². The first kappa shape index (κ1) is 15.4. The molecular formula is C16H14ClF2NO. The number of halogens is 3. The molecule has 110 valence electrons. The van der Waals surface area contributed by atoms with Crippen LogP contribution in [0.15, 0.2) is 42.5 Å². The van der Waals surface area contributed by atoms with Crippen LogP contribution < -0.4 is 5.32 Å². The first-order valence-electron chi connectivity index (χ1n) is 6.40. The second-order valence-electron chi connectivity index (χ2n) is 4.67. The lowest BCUT2D eigenvalue weighted by molar-refractivity contribution is 0.0936. The van der Waals surface area contributed by atoms with Crippen LogP contribution in [0.5, 0.6) is 0 Å². The van der Waals surface area contributed by atoms with E-state index < -0.39 is 23.6 Å². The molecule has 0 heterocycles. The highest BCUT2D eigenvalue weighted by molar-refractivity contribution is 6.18. The number of aryl methyl sites for hydroxylation is 1. The predicted octanol–water partition coefficient (Wildman–Crippen LogP) is 3.98. The Morgan fingerprint density at radius 1 is 1.19 bits per heavy atom. The lowest BCUT2D eigenvalue weighted by atomic mass is 10.1. The second-order valence-corrected chi connectivity index (χ2v) is 4.98. The Hall–Kier alpha value is -1.94. The fourth-order valence-corrected chi connectivity index (χ4v) is 2.22. The maximum atomic E-state index is 13.7. The average Bonchev–Trinajstić information content (AvgIpc) is 2.49. The minimum absolute atomic E-state index is 0.150. The molecule has 1 amide bonds. The molecule has 0 aliphatic carbocycles. The molecule has 1 N–H and O–H groups in total. The van der Waals surface area contributed by atoms with Crippen molar-refractivity contribution in [3.63, 3.8) is 0 Å². The lowest BCUT2D eigenvalue weighted by Gasteiger charge is -2.17. The van der Waals surface area contributed by atoms with Gasteiger partial charge in [0.25, 0.3) is 5.91 Å². The van der Waals surface area contributed by atoms with E-state index in [1.165, 1.54) is 13.0 Å². The van der Waals surface area contributed by atoms with E-state index in [9.17, 15) is 13.6 Å². The van der Waals surface area contributed by atoms with Gasteiger partial charge in [-0.15, -0.1) is 11.6 Å². The Bertz CT molecular complexity index is 646. The second kappa shape index (κ2) is 6.68. The number of benzene rings is 2. The SMILES string of the molecule is Cc1cc(C(=O)NC(CCl)c2ccccc2)c(F)cc1F. The molecule has 0 radical (unpaired) electrons. The summed E-state index contributed by atoms with van der Waals surface area (Å²) in [5.74, 6) is -2.04. The molecule has 2 rings (SSSR count). The molecule has 2 aromatic carbocycles. The quantitative estimate of drug-likeness (QED) is 0.850. The van der Waals surface area contributed by atoms with Crippen molar-refractivity contribution in [3.05, 3.63) is 70.8 Å². The number of nitrogens with one attached hydrogen (secondary N) is 1. The fraction of sp³-hybridized carbons (Fsp3) is 0.188. The summed E-state index contributed by atoms with van der Waals surface area (Å²) in [5.41, 5.74) is 0.837. The van der Waals surface area contributed by atoms with Crippen molar-refractivity contribution in [1.82, 2.24) is 5.32 Å². The van der Waals surface area contributed by atoms with E-state index in [0.29, 0.717) is 6.07 Å². The summed E-state index contributed by atoms with van der Waals surface area (Å²) in [6.07, 6.45) is 0. The molecule has 0 saturated carbocycles. The van der Waals surface area contributed by atoms with E-state index in [0.717, 1.165) is 5.56 Å². The van der Waals surface area contributed by atoms with Crippen LogP contribution in [0.1, 0.15) is 27.5 Å². The Balaban J connectivity index is 2.23. The molecule has 1 atom stereocenters. The monoisotopic (exact) mass is 309 g/mol. The van der Waals surface area contributed by atoms with Crippen LogP contribution in [-0.4, -0.2) is 11.8 Å². The Kier molecular flexibility index (Phi) is 4.91. The van der Waals surface area contributed by atoms with E-state index in [2.05, 4.69) is 5.32 Å². The zero-order chi connectivity index (χ0) is 15.4. The summed E-state index contributed by atoms with van der Waals surface area (Å²) >= 11 is 5.86. The van der Waals surface area contributed by atoms with Crippen molar-refractivity contribution >= 4 is 17.5 Å². The van der Waals surface area contributed by atoms with Gasteiger partial charge < -0.3 is 5.32 Å². The first-order chi connectivity index (χ1) is 10.0. The number of amides is 1. The summed E-state index contributed by atoms with van der Waals surface area (Å²) in [6.45, 7) is 1.47. The van der Waals surface area contributed by atoms with Crippen molar-refractivity contribution in [2.75, 3.05) is 5.88 Å². The van der Waals surface area contributed by atoms with E-state index in [1.807, 2.05) is 30.3 Å². The summed E-state index contributed by atoms with van der Waals surface area (Å²) in [4.78, 5) is 12.1. The average molecular weight is 310 g/mol. The van der Waals surface area contributed by atoms with E-state index in [1.54, 1.807) is 0 Å². The molecule has 2 aromatic rings. The maximum absolute atomic E-state index is 13.7. The van der Waals surface area contributed by atoms with Gasteiger partial charge in [-0.1, -0.05) is 30.3 Å². The zero-order valence-corrected chi connectivity index (χ0v) is 12.1. The highest BCUT2D eigenvalue weighted by atomic mass is 35.5. The number of alkyl halides is 1. The van der Waals surface area contributed by atoms with Gasteiger partial charge in [0.05, 0.1) is 11.6 Å². The van der Waals surface area contributed by atoms with Crippen molar-refractivity contribution in [1.29, 1.82) is 0 Å². The molecule has 1 unspecified atom stereocenters. The maximum Gasteiger partial charge on any atom is 0.254 e. The number of hydrogen-bond donors (Lipinski definition) is 1. The molecule has 0 saturated heterocycles. The van der Waals surface area contributed by atoms with Gasteiger partial charge in [0.15, 0.2) is 0 Å². The van der Waals surface area contributed by atoms with Gasteiger partial charge in [0, 0.05) is 11.9 Å². The fourth-order valence-electron chi connectivity index (χ4n) is 1.96. The van der Waals surface area contributed by atoms with Crippen LogP contribution in [0, 0.1) is 18.6 Å².